The summed E-state index contributed by atoms with van der Waals surface area (Å²) < 4.78 is 11.7. The molecule has 1 rings (SSSR count). The minimum Gasteiger partial charge on any atom is -0.311 e. The molecule has 0 fully saturated rings. The molecule has 1 heterocycles. The Balaban J connectivity index is 2.28. The third kappa shape index (κ3) is 3.99. The molecule has 2 nitrogen and oxygen atoms in total. The molecule has 0 bridgehead atoms. The molecule has 72 valence electrons. The number of hydrogen-bond donors (Lipinski definition) is 1. The van der Waals surface area contributed by atoms with Gasteiger partial charge in [-0.15, -0.1) is 0 Å². The van der Waals surface area contributed by atoms with E-state index in [9.17, 15) is 4.39 Å². The molecule has 0 radical (unpaired) electrons. The summed E-state index contributed by atoms with van der Waals surface area (Å²) in [5, 5.41) is 3.13. The largest absolute Gasteiger partial charge is 0.311 e. The molecule has 1 aromatic heterocycles. The highest BCUT2D eigenvalue weighted by Gasteiger charge is 1.93. The van der Waals surface area contributed by atoms with Gasteiger partial charge >= 0.3 is 0 Å². The highest BCUT2D eigenvalue weighted by molar-refractivity contribution is 5.09. The summed E-state index contributed by atoms with van der Waals surface area (Å²) in [5.41, 5.74) is 2.03. The van der Waals surface area contributed by atoms with Gasteiger partial charge in [-0.3, -0.25) is 9.37 Å². The summed E-state index contributed by atoms with van der Waals surface area (Å²) >= 11 is 0. The first-order valence-corrected chi connectivity index (χ1v) is 4.52. The number of nitrogens with zero attached hydrogens (tertiary/aromatic N) is 1. The van der Waals surface area contributed by atoms with Gasteiger partial charge in [-0.2, -0.15) is 0 Å². The molecule has 0 saturated carbocycles. The van der Waals surface area contributed by atoms with Crippen LogP contribution >= 0.6 is 0 Å². The van der Waals surface area contributed by atoms with Crippen LogP contribution in [0.25, 0.3) is 0 Å². The van der Waals surface area contributed by atoms with E-state index in [1.54, 1.807) is 0 Å². The quantitative estimate of drug-likeness (QED) is 0.703. The fraction of sp³-hybridized carbons (Fsp3) is 0.500. The molecule has 0 spiro atoms. The lowest BCUT2D eigenvalue weighted by Gasteiger charge is -2.02. The number of aromatic nitrogens is 1. The zero-order chi connectivity index (χ0) is 9.52. The Bertz CT molecular complexity index is 250. The zero-order valence-electron chi connectivity index (χ0n) is 7.89. The highest BCUT2D eigenvalue weighted by atomic mass is 19.1. The van der Waals surface area contributed by atoms with Crippen molar-refractivity contribution < 1.29 is 4.39 Å². The Morgan fingerprint density at radius 3 is 3.00 bits per heavy atom. The van der Waals surface area contributed by atoms with Gasteiger partial charge in [0.05, 0.1) is 12.4 Å². The van der Waals surface area contributed by atoms with E-state index in [0.29, 0.717) is 13.0 Å². The van der Waals surface area contributed by atoms with Gasteiger partial charge in [0.15, 0.2) is 0 Å². The van der Waals surface area contributed by atoms with Gasteiger partial charge in [-0.1, -0.05) is 6.07 Å². The number of rotatable bonds is 5. The number of halogens is 1. The number of pyridine rings is 1. The van der Waals surface area contributed by atoms with Crippen molar-refractivity contribution in [1.82, 2.24) is 10.3 Å². The molecule has 0 aliphatic rings. The summed E-state index contributed by atoms with van der Waals surface area (Å²) in [6, 6.07) is 5.91. The molecule has 0 unspecified atom stereocenters. The summed E-state index contributed by atoms with van der Waals surface area (Å²) in [7, 11) is 0. The third-order valence-electron chi connectivity index (χ3n) is 1.74. The van der Waals surface area contributed by atoms with Crippen LogP contribution in [0.2, 0.25) is 0 Å². The predicted octanol–water partition coefficient (Wildman–Crippen LogP) is 1.84. The summed E-state index contributed by atoms with van der Waals surface area (Å²) in [4.78, 5) is 4.31. The van der Waals surface area contributed by atoms with E-state index in [1.165, 1.54) is 0 Å². The van der Waals surface area contributed by atoms with E-state index in [-0.39, 0.29) is 6.67 Å². The maximum Gasteiger partial charge on any atom is 0.0906 e. The average Bonchev–Trinajstić information content (AvgIpc) is 2.13. The Hall–Kier alpha value is -0.960. The summed E-state index contributed by atoms with van der Waals surface area (Å²) in [5.74, 6) is 0. The van der Waals surface area contributed by atoms with Crippen molar-refractivity contribution in [3.05, 3.63) is 29.6 Å². The van der Waals surface area contributed by atoms with Crippen LogP contribution in [0, 0.1) is 6.92 Å². The smallest absolute Gasteiger partial charge is 0.0906 e. The normalized spacial score (nSPS) is 10.3. The van der Waals surface area contributed by atoms with Crippen LogP contribution in [0.3, 0.4) is 0 Å². The molecule has 13 heavy (non-hydrogen) atoms. The van der Waals surface area contributed by atoms with Crippen molar-refractivity contribution in [2.24, 2.45) is 0 Å². The molecule has 0 saturated heterocycles. The number of nitrogens with one attached hydrogen (secondary N) is 1. The number of aryl methyl sites for hydroxylation is 1. The standard InChI is InChI=1S/C10H15FN2/c1-9-4-2-5-10(13-9)8-12-7-3-6-11/h2,4-5,12H,3,6-8H2,1H3. The van der Waals surface area contributed by atoms with Crippen LogP contribution < -0.4 is 5.32 Å². The first-order chi connectivity index (χ1) is 6.33. The molecule has 0 atom stereocenters. The monoisotopic (exact) mass is 182 g/mol. The molecule has 3 heteroatoms. The molecule has 0 aliphatic carbocycles. The van der Waals surface area contributed by atoms with Crippen molar-refractivity contribution in [2.75, 3.05) is 13.2 Å². The topological polar surface area (TPSA) is 24.9 Å². The first kappa shape index (κ1) is 10.1. The Labute approximate surface area is 78.2 Å². The van der Waals surface area contributed by atoms with Crippen molar-refractivity contribution in [2.45, 2.75) is 19.9 Å². The maximum absolute atomic E-state index is 11.7. The Morgan fingerprint density at radius 1 is 1.46 bits per heavy atom. The molecule has 0 amide bonds. The van der Waals surface area contributed by atoms with E-state index >= 15 is 0 Å². The van der Waals surface area contributed by atoms with E-state index in [0.717, 1.165) is 17.9 Å². The number of hydrogen-bond acceptors (Lipinski definition) is 2. The van der Waals surface area contributed by atoms with E-state index in [2.05, 4.69) is 10.3 Å². The molecule has 1 N–H and O–H groups in total. The van der Waals surface area contributed by atoms with Gasteiger partial charge in [0.1, 0.15) is 0 Å². The molecule has 1 aromatic rings. The van der Waals surface area contributed by atoms with E-state index in [4.69, 9.17) is 0 Å². The van der Waals surface area contributed by atoms with Gasteiger partial charge in [-0.05, 0) is 32.0 Å². The van der Waals surface area contributed by atoms with Crippen molar-refractivity contribution in [3.8, 4) is 0 Å². The lowest BCUT2D eigenvalue weighted by molar-refractivity contribution is 0.458. The summed E-state index contributed by atoms with van der Waals surface area (Å²) in [6.45, 7) is 3.15. The number of alkyl halides is 1. The van der Waals surface area contributed by atoms with Gasteiger partial charge in [-0.25, -0.2) is 0 Å². The lowest BCUT2D eigenvalue weighted by Crippen LogP contribution is -2.16. The second-order valence-electron chi connectivity index (χ2n) is 2.99. The molecule has 0 aliphatic heterocycles. The van der Waals surface area contributed by atoms with Crippen LogP contribution in [-0.2, 0) is 6.54 Å². The van der Waals surface area contributed by atoms with Gasteiger partial charge in [0, 0.05) is 12.2 Å². The molecule has 0 aromatic carbocycles. The van der Waals surface area contributed by atoms with E-state index < -0.39 is 0 Å². The fourth-order valence-electron chi connectivity index (χ4n) is 1.11. The Kier molecular flexibility index (Phi) is 4.40. The first-order valence-electron chi connectivity index (χ1n) is 4.52. The summed E-state index contributed by atoms with van der Waals surface area (Å²) in [6.07, 6.45) is 0.575. The fourth-order valence-corrected chi connectivity index (χ4v) is 1.11. The van der Waals surface area contributed by atoms with Crippen LogP contribution in [0.1, 0.15) is 17.8 Å². The van der Waals surface area contributed by atoms with E-state index in [1.807, 2.05) is 25.1 Å². The lowest BCUT2D eigenvalue weighted by atomic mass is 10.3. The second-order valence-corrected chi connectivity index (χ2v) is 2.99. The van der Waals surface area contributed by atoms with Crippen molar-refractivity contribution in [1.29, 1.82) is 0 Å². The predicted molar refractivity (Wildman–Crippen MR) is 51.3 cm³/mol. The minimum absolute atomic E-state index is 0.256. The van der Waals surface area contributed by atoms with Crippen LogP contribution in [0.5, 0.6) is 0 Å². The minimum atomic E-state index is -0.256. The maximum atomic E-state index is 11.7. The van der Waals surface area contributed by atoms with Gasteiger partial charge < -0.3 is 5.32 Å². The van der Waals surface area contributed by atoms with Gasteiger partial charge in [0.25, 0.3) is 0 Å². The Morgan fingerprint density at radius 2 is 2.31 bits per heavy atom. The SMILES string of the molecule is Cc1cccc(CNCCCF)n1. The zero-order valence-corrected chi connectivity index (χ0v) is 7.89. The highest BCUT2D eigenvalue weighted by Crippen LogP contribution is 1.97. The second kappa shape index (κ2) is 5.65. The van der Waals surface area contributed by atoms with Gasteiger partial charge in [0.2, 0.25) is 0 Å². The van der Waals surface area contributed by atoms with Crippen LogP contribution in [0.4, 0.5) is 4.39 Å². The third-order valence-corrected chi connectivity index (χ3v) is 1.74. The van der Waals surface area contributed by atoms with Crippen molar-refractivity contribution in [3.63, 3.8) is 0 Å². The molecular weight excluding hydrogens is 167 g/mol. The average molecular weight is 182 g/mol. The molecular formula is C10H15FN2. The van der Waals surface area contributed by atoms with Crippen LogP contribution in [-0.4, -0.2) is 18.2 Å². The van der Waals surface area contributed by atoms with Crippen LogP contribution in [0.15, 0.2) is 18.2 Å². The van der Waals surface area contributed by atoms with Crippen molar-refractivity contribution >= 4 is 0 Å².